The Hall–Kier alpha value is -0.340. The van der Waals surface area contributed by atoms with Crippen LogP contribution in [-0.4, -0.2) is 26.3 Å². The lowest BCUT2D eigenvalue weighted by Crippen LogP contribution is -2.27. The number of allylic oxidation sites excluding steroid dienone is 1. The molecule has 0 bridgehead atoms. The van der Waals surface area contributed by atoms with Crippen LogP contribution in [0.15, 0.2) is 11.6 Å². The normalized spacial score (nSPS) is 12.6. The Bertz CT molecular complexity index is 139. The van der Waals surface area contributed by atoms with E-state index in [1.165, 1.54) is 5.57 Å². The first kappa shape index (κ1) is 12.7. The summed E-state index contributed by atoms with van der Waals surface area (Å²) in [4.78, 5) is 0. The quantitative estimate of drug-likeness (QED) is 0.485. The van der Waals surface area contributed by atoms with Gasteiger partial charge in [0, 0.05) is 19.8 Å². The van der Waals surface area contributed by atoms with Crippen LogP contribution in [0.1, 0.15) is 33.6 Å². The zero-order chi connectivity index (χ0) is 10.1. The predicted molar refractivity (Wildman–Crippen MR) is 58.0 cm³/mol. The van der Waals surface area contributed by atoms with Crippen LogP contribution < -0.4 is 5.32 Å². The number of rotatable bonds is 7. The first-order valence-electron chi connectivity index (χ1n) is 5.08. The topological polar surface area (TPSA) is 21.3 Å². The second-order valence-corrected chi connectivity index (χ2v) is 3.54. The molecule has 0 saturated carbocycles. The summed E-state index contributed by atoms with van der Waals surface area (Å²) < 4.78 is 5.03. The van der Waals surface area contributed by atoms with Gasteiger partial charge < -0.3 is 10.1 Å². The van der Waals surface area contributed by atoms with E-state index >= 15 is 0 Å². The number of likely N-dealkylation sites (N-methyl/N-ethyl adjacent to an activating group) is 1. The van der Waals surface area contributed by atoms with Crippen LogP contribution in [0.4, 0.5) is 0 Å². The highest BCUT2D eigenvalue weighted by atomic mass is 16.5. The van der Waals surface area contributed by atoms with Crippen molar-refractivity contribution in [1.29, 1.82) is 0 Å². The molecule has 0 aromatic rings. The predicted octanol–water partition coefficient (Wildman–Crippen LogP) is 2.36. The molecular weight excluding hydrogens is 162 g/mol. The molecule has 0 aliphatic rings. The van der Waals surface area contributed by atoms with Gasteiger partial charge in [0.2, 0.25) is 0 Å². The minimum atomic E-state index is 0.519. The summed E-state index contributed by atoms with van der Waals surface area (Å²) in [6, 6.07) is 0.519. The van der Waals surface area contributed by atoms with Gasteiger partial charge in [-0.2, -0.15) is 0 Å². The van der Waals surface area contributed by atoms with E-state index in [0.717, 1.165) is 26.0 Å². The molecule has 78 valence electrons. The van der Waals surface area contributed by atoms with E-state index in [0.29, 0.717) is 6.04 Å². The fourth-order valence-corrected chi connectivity index (χ4v) is 1.36. The average Bonchev–Trinajstić information content (AvgIpc) is 2.04. The van der Waals surface area contributed by atoms with Crippen molar-refractivity contribution < 1.29 is 4.74 Å². The van der Waals surface area contributed by atoms with Crippen LogP contribution in [0.3, 0.4) is 0 Å². The van der Waals surface area contributed by atoms with E-state index in [2.05, 4.69) is 32.2 Å². The highest BCUT2D eigenvalue weighted by Crippen LogP contribution is 2.02. The van der Waals surface area contributed by atoms with Crippen LogP contribution >= 0.6 is 0 Å². The molecule has 2 heteroatoms. The Morgan fingerprint density at radius 2 is 2.15 bits per heavy atom. The Balaban J connectivity index is 3.73. The van der Waals surface area contributed by atoms with Crippen LogP contribution in [-0.2, 0) is 4.74 Å². The molecule has 0 spiro atoms. The van der Waals surface area contributed by atoms with Crippen molar-refractivity contribution in [3.8, 4) is 0 Å². The van der Waals surface area contributed by atoms with Crippen molar-refractivity contribution in [3.05, 3.63) is 11.6 Å². The highest BCUT2D eigenvalue weighted by molar-refractivity contribution is 5.00. The van der Waals surface area contributed by atoms with Crippen molar-refractivity contribution in [1.82, 2.24) is 5.32 Å². The molecule has 0 rings (SSSR count). The average molecular weight is 185 g/mol. The van der Waals surface area contributed by atoms with Gasteiger partial charge in [-0.25, -0.2) is 0 Å². The molecule has 1 unspecified atom stereocenters. The number of methoxy groups -OCH3 is 1. The molecule has 0 fully saturated rings. The van der Waals surface area contributed by atoms with E-state index in [1.54, 1.807) is 7.11 Å². The van der Waals surface area contributed by atoms with Crippen LogP contribution in [0.5, 0.6) is 0 Å². The zero-order valence-electron chi connectivity index (χ0n) is 9.39. The Morgan fingerprint density at radius 1 is 1.46 bits per heavy atom. The van der Waals surface area contributed by atoms with E-state index in [1.807, 2.05) is 0 Å². The lowest BCUT2D eigenvalue weighted by molar-refractivity contribution is 0.190. The largest absolute Gasteiger partial charge is 0.385 e. The maximum Gasteiger partial charge on any atom is 0.0462 e. The van der Waals surface area contributed by atoms with E-state index < -0.39 is 0 Å². The molecule has 2 nitrogen and oxygen atoms in total. The first-order valence-corrected chi connectivity index (χ1v) is 5.08. The lowest BCUT2D eigenvalue weighted by Gasteiger charge is -2.13. The SMILES string of the molecule is CCNC(C=C(C)C)CCCOC. The monoisotopic (exact) mass is 185 g/mol. The molecule has 0 aliphatic carbocycles. The third-order valence-corrected chi connectivity index (χ3v) is 1.86. The van der Waals surface area contributed by atoms with Gasteiger partial charge >= 0.3 is 0 Å². The number of nitrogens with one attached hydrogen (secondary N) is 1. The standard InChI is InChI=1S/C11H23NO/c1-5-12-11(9-10(2)3)7-6-8-13-4/h9,11-12H,5-8H2,1-4H3. The van der Waals surface area contributed by atoms with Gasteiger partial charge in [-0.1, -0.05) is 18.6 Å². The van der Waals surface area contributed by atoms with Crippen molar-refractivity contribution in [2.75, 3.05) is 20.3 Å². The van der Waals surface area contributed by atoms with Crippen molar-refractivity contribution in [3.63, 3.8) is 0 Å². The summed E-state index contributed by atoms with van der Waals surface area (Å²) in [5.41, 5.74) is 1.38. The van der Waals surface area contributed by atoms with Gasteiger partial charge in [-0.15, -0.1) is 0 Å². The van der Waals surface area contributed by atoms with Crippen LogP contribution in [0.2, 0.25) is 0 Å². The van der Waals surface area contributed by atoms with Crippen molar-refractivity contribution in [2.45, 2.75) is 39.7 Å². The summed E-state index contributed by atoms with van der Waals surface area (Å²) >= 11 is 0. The fraction of sp³-hybridized carbons (Fsp3) is 0.818. The molecule has 1 N–H and O–H groups in total. The van der Waals surface area contributed by atoms with E-state index in [9.17, 15) is 0 Å². The summed E-state index contributed by atoms with van der Waals surface area (Å²) in [6.07, 6.45) is 4.57. The molecule has 0 radical (unpaired) electrons. The first-order chi connectivity index (χ1) is 6.20. The highest BCUT2D eigenvalue weighted by Gasteiger charge is 2.02. The van der Waals surface area contributed by atoms with Gasteiger partial charge in [0.1, 0.15) is 0 Å². The van der Waals surface area contributed by atoms with Gasteiger partial charge in [0.25, 0.3) is 0 Å². The molecule has 0 amide bonds. The van der Waals surface area contributed by atoms with E-state index in [-0.39, 0.29) is 0 Å². The van der Waals surface area contributed by atoms with Gasteiger partial charge in [-0.05, 0) is 33.2 Å². The zero-order valence-corrected chi connectivity index (χ0v) is 9.39. The molecular formula is C11H23NO. The van der Waals surface area contributed by atoms with Crippen LogP contribution in [0, 0.1) is 0 Å². The fourth-order valence-electron chi connectivity index (χ4n) is 1.36. The maximum atomic E-state index is 5.03. The van der Waals surface area contributed by atoms with Crippen molar-refractivity contribution >= 4 is 0 Å². The minimum Gasteiger partial charge on any atom is -0.385 e. The summed E-state index contributed by atoms with van der Waals surface area (Å²) in [5, 5.41) is 3.44. The molecule has 0 heterocycles. The number of hydrogen-bond donors (Lipinski definition) is 1. The second kappa shape index (κ2) is 8.27. The molecule has 1 atom stereocenters. The van der Waals surface area contributed by atoms with E-state index in [4.69, 9.17) is 4.74 Å². The summed E-state index contributed by atoms with van der Waals surface area (Å²) in [5.74, 6) is 0. The number of ether oxygens (including phenoxy) is 1. The van der Waals surface area contributed by atoms with Crippen LogP contribution in [0.25, 0.3) is 0 Å². The number of hydrogen-bond acceptors (Lipinski definition) is 2. The molecule has 0 aliphatic heterocycles. The minimum absolute atomic E-state index is 0.519. The Kier molecular flexibility index (Phi) is 8.05. The lowest BCUT2D eigenvalue weighted by atomic mass is 10.1. The van der Waals surface area contributed by atoms with Gasteiger partial charge in [0.05, 0.1) is 0 Å². The third-order valence-electron chi connectivity index (χ3n) is 1.86. The molecule has 0 aromatic heterocycles. The van der Waals surface area contributed by atoms with Gasteiger partial charge in [0.15, 0.2) is 0 Å². The summed E-state index contributed by atoms with van der Waals surface area (Å²) in [7, 11) is 1.75. The van der Waals surface area contributed by atoms with Gasteiger partial charge in [-0.3, -0.25) is 0 Å². The smallest absolute Gasteiger partial charge is 0.0462 e. The maximum absolute atomic E-state index is 5.03. The summed E-state index contributed by atoms with van der Waals surface area (Å²) in [6.45, 7) is 8.31. The Morgan fingerprint density at radius 3 is 2.62 bits per heavy atom. The molecule has 0 saturated heterocycles. The Labute approximate surface area is 82.4 Å². The van der Waals surface area contributed by atoms with Crippen molar-refractivity contribution in [2.24, 2.45) is 0 Å². The third kappa shape index (κ3) is 8.00. The second-order valence-electron chi connectivity index (χ2n) is 3.54. The molecule has 0 aromatic carbocycles. The molecule has 13 heavy (non-hydrogen) atoms.